The molecule has 0 unspecified atom stereocenters. The summed E-state index contributed by atoms with van der Waals surface area (Å²) in [5.41, 5.74) is 4.00. The van der Waals surface area contributed by atoms with E-state index < -0.39 is 0 Å². The molecule has 2 heterocycles. The van der Waals surface area contributed by atoms with Crippen LogP contribution in [0.15, 0.2) is 62.4 Å². The third-order valence-corrected chi connectivity index (χ3v) is 4.70. The van der Waals surface area contributed by atoms with Gasteiger partial charge in [-0.05, 0) is 42.2 Å². The van der Waals surface area contributed by atoms with Crippen LogP contribution in [0, 0.1) is 0 Å². The van der Waals surface area contributed by atoms with Gasteiger partial charge in [0.2, 0.25) is 0 Å². The molecule has 0 aliphatic carbocycles. The lowest BCUT2D eigenvalue weighted by atomic mass is 10.00. The van der Waals surface area contributed by atoms with E-state index in [1.165, 1.54) is 0 Å². The van der Waals surface area contributed by atoms with Crippen molar-refractivity contribution in [2.24, 2.45) is 0 Å². The van der Waals surface area contributed by atoms with Crippen molar-refractivity contribution in [1.82, 2.24) is 0 Å². The Morgan fingerprint density at radius 1 is 1.04 bits per heavy atom. The molecule has 2 aromatic carbocycles. The van der Waals surface area contributed by atoms with Crippen molar-refractivity contribution in [2.45, 2.75) is 26.2 Å². The number of furan rings is 1. The monoisotopic (exact) mass is 348 g/mol. The first-order valence-corrected chi connectivity index (χ1v) is 8.82. The first kappa shape index (κ1) is 16.5. The van der Waals surface area contributed by atoms with Crippen molar-refractivity contribution in [3.05, 3.63) is 64.7 Å². The number of unbranched alkanes of at least 4 members (excludes halogenated alkanes) is 1. The maximum absolute atomic E-state index is 11.9. The Bertz CT molecular complexity index is 1130. The fourth-order valence-corrected chi connectivity index (χ4v) is 3.34. The number of hydrogen-bond donors (Lipinski definition) is 0. The van der Waals surface area contributed by atoms with Crippen LogP contribution in [-0.2, 0) is 6.42 Å². The number of hydrogen-bond acceptors (Lipinski definition) is 4. The standard InChI is InChI=1S/C22H20O4/c1-3-4-6-15-10-22(23)26-21-12-20-18(11-17(15)21)19(13-25-20)14-7-5-8-16(9-14)24-2/h5,7-13H,3-4,6H2,1-2H3. The highest BCUT2D eigenvalue weighted by molar-refractivity contribution is 6.02. The predicted octanol–water partition coefficient (Wildman–Crippen LogP) is 5.56. The van der Waals surface area contributed by atoms with Gasteiger partial charge < -0.3 is 13.6 Å². The molecular weight excluding hydrogens is 328 g/mol. The second-order valence-electron chi connectivity index (χ2n) is 6.42. The summed E-state index contributed by atoms with van der Waals surface area (Å²) in [6, 6.07) is 13.4. The van der Waals surface area contributed by atoms with E-state index in [1.54, 1.807) is 19.4 Å². The van der Waals surface area contributed by atoms with E-state index in [4.69, 9.17) is 13.6 Å². The summed E-state index contributed by atoms with van der Waals surface area (Å²) < 4.78 is 16.5. The molecule has 4 nitrogen and oxygen atoms in total. The lowest BCUT2D eigenvalue weighted by Gasteiger charge is -2.06. The molecule has 4 heteroatoms. The Morgan fingerprint density at radius 2 is 1.92 bits per heavy atom. The Kier molecular flexibility index (Phi) is 4.25. The van der Waals surface area contributed by atoms with E-state index in [2.05, 4.69) is 13.0 Å². The van der Waals surface area contributed by atoms with Gasteiger partial charge in [-0.1, -0.05) is 25.5 Å². The van der Waals surface area contributed by atoms with Crippen LogP contribution in [0.1, 0.15) is 25.3 Å². The van der Waals surface area contributed by atoms with Gasteiger partial charge in [-0.25, -0.2) is 4.79 Å². The fourth-order valence-electron chi connectivity index (χ4n) is 3.34. The van der Waals surface area contributed by atoms with Crippen molar-refractivity contribution in [3.8, 4) is 16.9 Å². The number of benzene rings is 2. The topological polar surface area (TPSA) is 52.6 Å². The zero-order valence-corrected chi connectivity index (χ0v) is 14.9. The van der Waals surface area contributed by atoms with Gasteiger partial charge in [0, 0.05) is 28.5 Å². The van der Waals surface area contributed by atoms with Crippen LogP contribution in [0.4, 0.5) is 0 Å². The molecule has 4 aromatic rings. The summed E-state index contributed by atoms with van der Waals surface area (Å²) >= 11 is 0. The smallest absolute Gasteiger partial charge is 0.336 e. The molecule has 0 radical (unpaired) electrons. The number of ether oxygens (including phenoxy) is 1. The molecular formula is C22H20O4. The van der Waals surface area contributed by atoms with Crippen LogP contribution in [0.25, 0.3) is 33.1 Å². The highest BCUT2D eigenvalue weighted by atomic mass is 16.5. The van der Waals surface area contributed by atoms with Crippen LogP contribution in [0.2, 0.25) is 0 Å². The Hall–Kier alpha value is -3.01. The van der Waals surface area contributed by atoms with Crippen molar-refractivity contribution in [1.29, 1.82) is 0 Å². The Labute approximate surface area is 151 Å². The highest BCUT2D eigenvalue weighted by Crippen LogP contribution is 2.35. The van der Waals surface area contributed by atoms with Gasteiger partial charge in [-0.2, -0.15) is 0 Å². The fraction of sp³-hybridized carbons (Fsp3) is 0.227. The van der Waals surface area contributed by atoms with Gasteiger partial charge in [0.05, 0.1) is 13.4 Å². The molecule has 0 fully saturated rings. The quantitative estimate of drug-likeness (QED) is 0.443. The maximum atomic E-state index is 11.9. The Balaban J connectivity index is 1.94. The molecule has 0 aliphatic rings. The molecule has 0 aliphatic heterocycles. The zero-order chi connectivity index (χ0) is 18.1. The summed E-state index contributed by atoms with van der Waals surface area (Å²) in [4.78, 5) is 11.9. The minimum Gasteiger partial charge on any atom is -0.497 e. The highest BCUT2D eigenvalue weighted by Gasteiger charge is 2.13. The average molecular weight is 348 g/mol. The van der Waals surface area contributed by atoms with E-state index in [0.717, 1.165) is 52.5 Å². The lowest BCUT2D eigenvalue weighted by Crippen LogP contribution is -2.00. The third-order valence-electron chi connectivity index (χ3n) is 4.70. The number of methoxy groups -OCH3 is 1. The van der Waals surface area contributed by atoms with Crippen molar-refractivity contribution in [2.75, 3.05) is 7.11 Å². The van der Waals surface area contributed by atoms with Crippen molar-refractivity contribution >= 4 is 21.9 Å². The van der Waals surface area contributed by atoms with Gasteiger partial charge in [-0.3, -0.25) is 0 Å². The summed E-state index contributed by atoms with van der Waals surface area (Å²) in [7, 11) is 1.65. The first-order chi connectivity index (χ1) is 12.7. The van der Waals surface area contributed by atoms with Crippen LogP contribution in [-0.4, -0.2) is 7.11 Å². The minimum atomic E-state index is -0.317. The number of aryl methyl sites for hydroxylation is 1. The van der Waals surface area contributed by atoms with Crippen LogP contribution in [0.5, 0.6) is 5.75 Å². The van der Waals surface area contributed by atoms with Crippen LogP contribution < -0.4 is 10.4 Å². The molecule has 0 saturated heterocycles. The van der Waals surface area contributed by atoms with Gasteiger partial charge >= 0.3 is 5.63 Å². The minimum absolute atomic E-state index is 0.317. The van der Waals surface area contributed by atoms with Crippen molar-refractivity contribution in [3.63, 3.8) is 0 Å². The largest absolute Gasteiger partial charge is 0.497 e. The summed E-state index contributed by atoms with van der Waals surface area (Å²) in [5, 5.41) is 1.97. The number of fused-ring (bicyclic) bond motifs is 2. The maximum Gasteiger partial charge on any atom is 0.336 e. The molecule has 0 N–H and O–H groups in total. The Morgan fingerprint density at radius 3 is 2.73 bits per heavy atom. The van der Waals surface area contributed by atoms with Gasteiger partial charge in [0.15, 0.2) is 0 Å². The average Bonchev–Trinajstić information content (AvgIpc) is 3.07. The van der Waals surface area contributed by atoms with E-state index >= 15 is 0 Å². The molecule has 0 bridgehead atoms. The summed E-state index contributed by atoms with van der Waals surface area (Å²) in [6.45, 7) is 2.14. The van der Waals surface area contributed by atoms with Gasteiger partial charge in [0.25, 0.3) is 0 Å². The van der Waals surface area contributed by atoms with Gasteiger partial charge in [0.1, 0.15) is 16.9 Å². The van der Waals surface area contributed by atoms with Gasteiger partial charge in [-0.15, -0.1) is 0 Å². The van der Waals surface area contributed by atoms with Crippen LogP contribution >= 0.6 is 0 Å². The summed E-state index contributed by atoms with van der Waals surface area (Å²) in [6.07, 6.45) is 4.70. The van der Waals surface area contributed by atoms with E-state index in [-0.39, 0.29) is 5.63 Å². The van der Waals surface area contributed by atoms with E-state index in [0.29, 0.717) is 11.2 Å². The lowest BCUT2D eigenvalue weighted by molar-refractivity contribution is 0.415. The van der Waals surface area contributed by atoms with Crippen molar-refractivity contribution < 1.29 is 13.6 Å². The molecule has 2 aromatic heterocycles. The second-order valence-corrected chi connectivity index (χ2v) is 6.42. The normalized spacial score (nSPS) is 11.3. The number of rotatable bonds is 5. The second kappa shape index (κ2) is 6.71. The SMILES string of the molecule is CCCCc1cc(=O)oc2cc3occ(-c4cccc(OC)c4)c3cc12. The predicted molar refractivity (Wildman–Crippen MR) is 103 cm³/mol. The van der Waals surface area contributed by atoms with E-state index in [9.17, 15) is 4.79 Å². The molecule has 0 spiro atoms. The third kappa shape index (κ3) is 2.88. The molecule has 0 atom stereocenters. The molecule has 0 saturated carbocycles. The molecule has 26 heavy (non-hydrogen) atoms. The molecule has 0 amide bonds. The molecule has 132 valence electrons. The van der Waals surface area contributed by atoms with Crippen LogP contribution in [0.3, 0.4) is 0 Å². The summed E-state index contributed by atoms with van der Waals surface area (Å²) in [5.74, 6) is 0.798. The zero-order valence-electron chi connectivity index (χ0n) is 14.9. The first-order valence-electron chi connectivity index (χ1n) is 8.82. The van der Waals surface area contributed by atoms with E-state index in [1.807, 2.05) is 30.3 Å². The molecule has 4 rings (SSSR count).